The minimum absolute atomic E-state index is 1.21. The van der Waals surface area contributed by atoms with Crippen molar-refractivity contribution >= 4 is 21.5 Å². The van der Waals surface area contributed by atoms with Crippen molar-refractivity contribution in [1.82, 2.24) is 0 Å². The van der Waals surface area contributed by atoms with E-state index < -0.39 is 0 Å². The Labute approximate surface area is 134 Å². The first-order chi connectivity index (χ1) is 10.9. The number of benzene rings is 3. The highest BCUT2D eigenvalue weighted by molar-refractivity contribution is 5.98. The lowest BCUT2D eigenvalue weighted by molar-refractivity contribution is 0.607. The molecule has 22 heavy (non-hydrogen) atoms. The van der Waals surface area contributed by atoms with Gasteiger partial charge in [0.25, 0.3) is 0 Å². The van der Waals surface area contributed by atoms with Gasteiger partial charge in [0.05, 0.1) is 0 Å². The van der Waals surface area contributed by atoms with Crippen molar-refractivity contribution in [2.24, 2.45) is 0 Å². The van der Waals surface area contributed by atoms with Crippen molar-refractivity contribution < 1.29 is 0 Å². The van der Waals surface area contributed by atoms with Crippen molar-refractivity contribution in [3.8, 4) is 0 Å². The zero-order valence-electron chi connectivity index (χ0n) is 13.6. The van der Waals surface area contributed by atoms with Gasteiger partial charge >= 0.3 is 0 Å². The van der Waals surface area contributed by atoms with E-state index in [9.17, 15) is 0 Å². The monoisotopic (exact) mass is 289 g/mol. The number of aryl methyl sites for hydroxylation is 1. The van der Waals surface area contributed by atoms with Crippen molar-refractivity contribution in [1.29, 1.82) is 0 Å². The van der Waals surface area contributed by atoms with E-state index in [4.69, 9.17) is 0 Å². The van der Waals surface area contributed by atoms with Crippen LogP contribution in [0.15, 0.2) is 48.5 Å². The molecule has 0 nitrogen and oxygen atoms in total. The molecule has 0 atom stereocenters. The first kappa shape index (κ1) is 15.1. The van der Waals surface area contributed by atoms with E-state index in [1.165, 1.54) is 72.1 Å². The van der Waals surface area contributed by atoms with Crippen molar-refractivity contribution in [2.75, 3.05) is 0 Å². The standard InChI is InChI=1S/C22H25/c1-2-3-4-5-6-7-10-18-13-14-21-16-19-11-8-9-12-20(19)17-22(21)15-18/h8-9,11,13-17H,2-7,10H2,1H3. The zero-order valence-corrected chi connectivity index (χ0v) is 13.6. The molecule has 0 amide bonds. The Balaban J connectivity index is 1.68. The maximum Gasteiger partial charge on any atom is -0.00988 e. The highest BCUT2D eigenvalue weighted by Gasteiger charge is 2.00. The molecule has 0 aliphatic carbocycles. The molecule has 0 saturated carbocycles. The first-order valence-electron chi connectivity index (χ1n) is 8.70. The van der Waals surface area contributed by atoms with Crippen LogP contribution < -0.4 is 0 Å². The molecule has 0 aliphatic rings. The molecule has 3 rings (SSSR count). The molecule has 0 saturated heterocycles. The van der Waals surface area contributed by atoms with Crippen LogP contribution in [0.3, 0.4) is 0 Å². The summed E-state index contributed by atoms with van der Waals surface area (Å²) in [6.45, 7) is 2.27. The fraction of sp³-hybridized carbons (Fsp3) is 0.364. The number of fused-ring (bicyclic) bond motifs is 2. The molecular formula is C22H25. The van der Waals surface area contributed by atoms with Gasteiger partial charge in [0.15, 0.2) is 0 Å². The molecular weight excluding hydrogens is 264 g/mol. The predicted octanol–water partition coefficient (Wildman–Crippen LogP) is 6.70. The van der Waals surface area contributed by atoms with Crippen LogP contribution in [0.1, 0.15) is 51.0 Å². The SMILES string of the molecule is CCCCCCCCc1ccc2cc3ccc[c]c3cc2c1. The highest BCUT2D eigenvalue weighted by Crippen LogP contribution is 2.24. The van der Waals surface area contributed by atoms with E-state index in [0.29, 0.717) is 0 Å². The fourth-order valence-electron chi connectivity index (χ4n) is 3.18. The summed E-state index contributed by atoms with van der Waals surface area (Å²) in [6.07, 6.45) is 9.39. The van der Waals surface area contributed by atoms with Crippen molar-refractivity contribution in [2.45, 2.75) is 51.9 Å². The van der Waals surface area contributed by atoms with E-state index in [0.717, 1.165) is 0 Å². The quantitative estimate of drug-likeness (QED) is 0.335. The molecule has 0 unspecified atom stereocenters. The summed E-state index contributed by atoms with van der Waals surface area (Å²) in [7, 11) is 0. The van der Waals surface area contributed by atoms with Gasteiger partial charge in [-0.15, -0.1) is 0 Å². The highest BCUT2D eigenvalue weighted by atomic mass is 14.0. The summed E-state index contributed by atoms with van der Waals surface area (Å²) < 4.78 is 0. The second-order valence-electron chi connectivity index (χ2n) is 6.31. The smallest absolute Gasteiger partial charge is 0.00988 e. The van der Waals surface area contributed by atoms with Crippen LogP contribution in [0.2, 0.25) is 0 Å². The minimum atomic E-state index is 1.21. The van der Waals surface area contributed by atoms with Gasteiger partial charge in [-0.3, -0.25) is 0 Å². The number of hydrogen-bond donors (Lipinski definition) is 0. The second kappa shape index (κ2) is 7.45. The van der Waals surface area contributed by atoms with Crippen molar-refractivity contribution in [3.63, 3.8) is 0 Å². The summed E-state index contributed by atoms with van der Waals surface area (Å²) in [6, 6.07) is 21.0. The van der Waals surface area contributed by atoms with Crippen molar-refractivity contribution in [3.05, 3.63) is 60.2 Å². The lowest BCUT2D eigenvalue weighted by atomic mass is 9.99. The third-order valence-electron chi connectivity index (χ3n) is 4.50. The van der Waals surface area contributed by atoms with Gasteiger partial charge in [-0.2, -0.15) is 0 Å². The Bertz CT molecular complexity index is 739. The Hall–Kier alpha value is -1.82. The maximum absolute atomic E-state index is 3.33. The summed E-state index contributed by atoms with van der Waals surface area (Å²) >= 11 is 0. The summed E-state index contributed by atoms with van der Waals surface area (Å²) in [5.41, 5.74) is 1.47. The zero-order chi connectivity index (χ0) is 15.2. The van der Waals surface area contributed by atoms with E-state index in [-0.39, 0.29) is 0 Å². The van der Waals surface area contributed by atoms with Gasteiger partial charge in [0.1, 0.15) is 0 Å². The number of unbranched alkanes of at least 4 members (excludes halogenated alkanes) is 5. The Morgan fingerprint density at radius 3 is 2.55 bits per heavy atom. The van der Waals surface area contributed by atoms with E-state index in [1.54, 1.807) is 0 Å². The maximum atomic E-state index is 3.33. The molecule has 3 aromatic carbocycles. The molecule has 3 aromatic rings. The average Bonchev–Trinajstić information content (AvgIpc) is 2.56. The predicted molar refractivity (Wildman–Crippen MR) is 97.4 cm³/mol. The normalized spacial score (nSPS) is 11.3. The van der Waals surface area contributed by atoms with Gasteiger partial charge in [-0.05, 0) is 58.1 Å². The van der Waals surface area contributed by atoms with E-state index in [1.807, 2.05) is 6.07 Å². The molecule has 0 spiro atoms. The Morgan fingerprint density at radius 1 is 0.773 bits per heavy atom. The lowest BCUT2D eigenvalue weighted by Gasteiger charge is -2.06. The average molecular weight is 289 g/mol. The van der Waals surface area contributed by atoms with Crippen LogP contribution in [-0.4, -0.2) is 0 Å². The van der Waals surface area contributed by atoms with Gasteiger partial charge in [-0.25, -0.2) is 0 Å². The van der Waals surface area contributed by atoms with Gasteiger partial charge in [-0.1, -0.05) is 75.4 Å². The first-order valence-corrected chi connectivity index (χ1v) is 8.70. The molecule has 0 fully saturated rings. The molecule has 113 valence electrons. The number of rotatable bonds is 7. The molecule has 0 heterocycles. The molecule has 0 bridgehead atoms. The van der Waals surface area contributed by atoms with Crippen LogP contribution in [0.5, 0.6) is 0 Å². The number of hydrogen-bond acceptors (Lipinski definition) is 0. The van der Waals surface area contributed by atoms with E-state index in [2.05, 4.69) is 55.5 Å². The second-order valence-corrected chi connectivity index (χ2v) is 6.31. The van der Waals surface area contributed by atoms with Crippen LogP contribution in [0, 0.1) is 6.07 Å². The van der Waals surface area contributed by atoms with Crippen LogP contribution in [0.4, 0.5) is 0 Å². The van der Waals surface area contributed by atoms with Gasteiger partial charge < -0.3 is 0 Å². The Morgan fingerprint density at radius 2 is 1.64 bits per heavy atom. The molecule has 1 radical (unpaired) electrons. The van der Waals surface area contributed by atoms with Crippen LogP contribution >= 0.6 is 0 Å². The van der Waals surface area contributed by atoms with Crippen LogP contribution in [-0.2, 0) is 6.42 Å². The minimum Gasteiger partial charge on any atom is -0.0654 e. The molecule has 0 aliphatic heterocycles. The topological polar surface area (TPSA) is 0 Å². The molecule has 0 N–H and O–H groups in total. The third kappa shape index (κ3) is 3.68. The van der Waals surface area contributed by atoms with E-state index >= 15 is 0 Å². The largest absolute Gasteiger partial charge is 0.0654 e. The summed E-state index contributed by atoms with van der Waals surface area (Å²) in [5, 5.41) is 5.17. The molecule has 0 aromatic heterocycles. The summed E-state index contributed by atoms with van der Waals surface area (Å²) in [5.74, 6) is 0. The van der Waals surface area contributed by atoms with Gasteiger partial charge in [0.2, 0.25) is 0 Å². The lowest BCUT2D eigenvalue weighted by Crippen LogP contribution is -1.87. The summed E-state index contributed by atoms with van der Waals surface area (Å²) in [4.78, 5) is 0. The molecule has 0 heteroatoms. The van der Waals surface area contributed by atoms with Gasteiger partial charge in [0, 0.05) is 0 Å². The Kier molecular flexibility index (Phi) is 5.11. The van der Waals surface area contributed by atoms with Crippen LogP contribution in [0.25, 0.3) is 21.5 Å². The third-order valence-corrected chi connectivity index (χ3v) is 4.50. The fourth-order valence-corrected chi connectivity index (χ4v) is 3.18.